The molecule has 0 radical (unpaired) electrons. The maximum atomic E-state index is 13.6. The van der Waals surface area contributed by atoms with Gasteiger partial charge in [-0.15, -0.1) is 0 Å². The van der Waals surface area contributed by atoms with Gasteiger partial charge in [0.25, 0.3) is 0 Å². The van der Waals surface area contributed by atoms with E-state index >= 15 is 0 Å². The summed E-state index contributed by atoms with van der Waals surface area (Å²) in [5.74, 6) is -2.85. The molecule has 1 aliphatic rings. The molecule has 0 aromatic heterocycles. The maximum absolute atomic E-state index is 13.6. The van der Waals surface area contributed by atoms with Gasteiger partial charge in [-0.3, -0.25) is 14.4 Å². The lowest BCUT2D eigenvalue weighted by atomic mass is 9.81. The predicted octanol–water partition coefficient (Wildman–Crippen LogP) is 4.75. The Hall–Kier alpha value is -4.27. The quantitative estimate of drug-likeness (QED) is 0.0785. The zero-order valence-electron chi connectivity index (χ0n) is 34.8. The van der Waals surface area contributed by atoms with Crippen LogP contribution in [0.4, 0.5) is 9.18 Å². The lowest BCUT2D eigenvalue weighted by Gasteiger charge is -2.28. The zero-order chi connectivity index (χ0) is 42.3. The lowest BCUT2D eigenvalue weighted by Crippen LogP contribution is -2.53. The molecule has 2 rings (SSSR count). The van der Waals surface area contributed by atoms with E-state index < -0.39 is 70.6 Å². The topological polar surface area (TPSA) is 204 Å². The van der Waals surface area contributed by atoms with Crippen LogP contribution in [0.1, 0.15) is 126 Å². The third-order valence-corrected chi connectivity index (χ3v) is 8.81. The first-order valence-corrected chi connectivity index (χ1v) is 19.7. The molecule has 4 amide bonds. The van der Waals surface area contributed by atoms with E-state index in [0.717, 1.165) is 12.8 Å². The molecule has 0 saturated heterocycles. The molecule has 0 aliphatic heterocycles. The van der Waals surface area contributed by atoms with Crippen molar-refractivity contribution in [2.24, 2.45) is 17.6 Å². The van der Waals surface area contributed by atoms with Crippen LogP contribution in [0.2, 0.25) is 0 Å². The van der Waals surface area contributed by atoms with Crippen molar-refractivity contribution in [3.05, 3.63) is 35.6 Å². The van der Waals surface area contributed by atoms with Crippen LogP contribution in [0, 0.1) is 17.7 Å². The van der Waals surface area contributed by atoms with Gasteiger partial charge in [0.15, 0.2) is 0 Å². The number of halogens is 1. The van der Waals surface area contributed by atoms with Crippen molar-refractivity contribution >= 4 is 35.8 Å². The summed E-state index contributed by atoms with van der Waals surface area (Å²) in [5.41, 5.74) is 4.02. The number of nitrogens with two attached hydrogens (primary N) is 1. The molecule has 0 bridgehead atoms. The zero-order valence-corrected chi connectivity index (χ0v) is 34.8. The summed E-state index contributed by atoms with van der Waals surface area (Å²) in [6, 6.07) is 1.68. The van der Waals surface area contributed by atoms with Gasteiger partial charge in [0.1, 0.15) is 40.7 Å². The second-order valence-electron chi connectivity index (χ2n) is 17.5. The Morgan fingerprint density at radius 2 is 1.23 bits per heavy atom. The number of urea groups is 1. The van der Waals surface area contributed by atoms with E-state index in [4.69, 9.17) is 19.9 Å². The van der Waals surface area contributed by atoms with Crippen molar-refractivity contribution in [3.63, 3.8) is 0 Å². The van der Waals surface area contributed by atoms with Crippen LogP contribution in [0.15, 0.2) is 24.3 Å². The number of ether oxygens (including phenoxy) is 3. The first kappa shape index (κ1) is 47.9. The number of nitrogens with one attached hydrogen (secondary N) is 4. The number of esters is 3. The molecule has 56 heavy (non-hydrogen) atoms. The number of benzene rings is 1. The largest absolute Gasteiger partial charge is 0.460 e. The van der Waals surface area contributed by atoms with Crippen molar-refractivity contribution in [2.45, 2.75) is 161 Å². The average Bonchev–Trinajstić information content (AvgIpc) is 3.07. The second-order valence-corrected chi connectivity index (χ2v) is 17.5. The second kappa shape index (κ2) is 21.9. The highest BCUT2D eigenvalue weighted by molar-refractivity contribution is 5.89. The van der Waals surface area contributed by atoms with Crippen molar-refractivity contribution in [2.75, 3.05) is 13.1 Å². The van der Waals surface area contributed by atoms with Crippen LogP contribution in [-0.2, 0) is 44.6 Å². The standard InChI is InChI=1S/C41H66FN5O9/c1-39(2,3)54-33(48)22-21-31(37(52)56-41(7,8)9)47-38(53)46-30(36(51)55-40(4,5)6)12-10-11-23-44-35(50)32(24-26-15-19-29(42)20-16-26)45-34(49)28-17-13-27(25-43)14-18-28/h15-16,19-20,27-28,30-32H,10-14,17-18,21-25,43H2,1-9H3,(H,44,50)(H,45,49)(H2,46,47,53)/t27?,28?,30-,31-,32-/m0/s1. The highest BCUT2D eigenvalue weighted by atomic mass is 19.1. The number of unbranched alkanes of at least 4 members (excludes halogenated alkanes) is 1. The Bertz CT molecular complexity index is 1460. The third kappa shape index (κ3) is 19.5. The van der Waals surface area contributed by atoms with Gasteiger partial charge in [-0.2, -0.15) is 0 Å². The first-order chi connectivity index (χ1) is 25.9. The van der Waals surface area contributed by atoms with Crippen LogP contribution in [0.3, 0.4) is 0 Å². The van der Waals surface area contributed by atoms with E-state index in [0.29, 0.717) is 43.7 Å². The van der Waals surface area contributed by atoms with Crippen molar-refractivity contribution in [1.29, 1.82) is 0 Å². The van der Waals surface area contributed by atoms with Gasteiger partial charge in [-0.05, 0) is 144 Å². The van der Waals surface area contributed by atoms with Crippen LogP contribution < -0.4 is 27.0 Å². The third-order valence-electron chi connectivity index (χ3n) is 8.81. The molecule has 6 N–H and O–H groups in total. The SMILES string of the molecule is CC(C)(C)OC(=O)CC[C@H](NC(=O)N[C@@H](CCCCNC(=O)[C@H](Cc1ccc(F)cc1)NC(=O)C1CCC(CN)CC1)C(=O)OC(C)(C)C)C(=O)OC(C)(C)C. The fourth-order valence-electron chi connectivity index (χ4n) is 6.08. The molecule has 15 heteroatoms. The Kier molecular flexibility index (Phi) is 18.7. The number of rotatable bonds is 18. The van der Waals surface area contributed by atoms with Crippen LogP contribution in [0.5, 0.6) is 0 Å². The molecule has 0 unspecified atom stereocenters. The summed E-state index contributed by atoms with van der Waals surface area (Å²) in [5, 5.41) is 10.9. The number of carbonyl (C=O) groups is 6. The maximum Gasteiger partial charge on any atom is 0.329 e. The summed E-state index contributed by atoms with van der Waals surface area (Å²) >= 11 is 0. The van der Waals surface area contributed by atoms with E-state index in [1.807, 2.05) is 0 Å². The minimum Gasteiger partial charge on any atom is -0.460 e. The molecule has 1 fully saturated rings. The Labute approximate surface area is 331 Å². The molecule has 3 atom stereocenters. The highest BCUT2D eigenvalue weighted by Gasteiger charge is 2.32. The molecule has 316 valence electrons. The van der Waals surface area contributed by atoms with E-state index in [2.05, 4.69) is 21.3 Å². The van der Waals surface area contributed by atoms with E-state index in [-0.39, 0.29) is 44.1 Å². The number of amides is 4. The van der Waals surface area contributed by atoms with Gasteiger partial charge in [0.05, 0.1) is 0 Å². The smallest absolute Gasteiger partial charge is 0.329 e. The predicted molar refractivity (Wildman–Crippen MR) is 209 cm³/mol. The van der Waals surface area contributed by atoms with Gasteiger partial charge < -0.3 is 41.2 Å². The highest BCUT2D eigenvalue weighted by Crippen LogP contribution is 2.28. The molecule has 1 aliphatic carbocycles. The van der Waals surface area contributed by atoms with E-state index in [1.54, 1.807) is 74.4 Å². The van der Waals surface area contributed by atoms with Crippen LogP contribution in [0.25, 0.3) is 0 Å². The molecule has 1 aromatic carbocycles. The average molecular weight is 792 g/mol. The first-order valence-electron chi connectivity index (χ1n) is 19.7. The fourth-order valence-corrected chi connectivity index (χ4v) is 6.08. The van der Waals surface area contributed by atoms with Crippen LogP contribution in [-0.4, -0.2) is 83.8 Å². The number of hydrogen-bond acceptors (Lipinski definition) is 10. The summed E-state index contributed by atoms with van der Waals surface area (Å²) in [6.45, 7) is 16.0. The Morgan fingerprint density at radius 3 is 1.73 bits per heavy atom. The molecule has 1 aromatic rings. The van der Waals surface area contributed by atoms with Crippen molar-refractivity contribution in [3.8, 4) is 0 Å². The Balaban J connectivity index is 2.07. The molecular formula is C41H66FN5O9. The lowest BCUT2D eigenvalue weighted by molar-refractivity contribution is -0.159. The summed E-state index contributed by atoms with van der Waals surface area (Å²) < 4.78 is 30.0. The van der Waals surface area contributed by atoms with E-state index in [9.17, 15) is 33.2 Å². The van der Waals surface area contributed by atoms with Gasteiger partial charge >= 0.3 is 23.9 Å². The number of carbonyl (C=O) groups excluding carboxylic acids is 6. The van der Waals surface area contributed by atoms with Crippen LogP contribution >= 0.6 is 0 Å². The molecule has 14 nitrogen and oxygen atoms in total. The summed E-state index contributed by atoms with van der Waals surface area (Å²) in [4.78, 5) is 78.6. The van der Waals surface area contributed by atoms with Gasteiger partial charge in [-0.25, -0.2) is 18.8 Å². The molecular weight excluding hydrogens is 725 g/mol. The van der Waals surface area contributed by atoms with Crippen molar-refractivity contribution in [1.82, 2.24) is 21.3 Å². The minimum absolute atomic E-state index is 0.105. The molecule has 0 spiro atoms. The summed E-state index contributed by atoms with van der Waals surface area (Å²) in [7, 11) is 0. The monoisotopic (exact) mass is 791 g/mol. The van der Waals surface area contributed by atoms with Crippen molar-refractivity contribution < 1.29 is 47.4 Å². The normalized spacial score (nSPS) is 17.7. The fraction of sp³-hybridized carbons (Fsp3) is 0.707. The van der Waals surface area contributed by atoms with Gasteiger partial charge in [0.2, 0.25) is 11.8 Å². The van der Waals surface area contributed by atoms with Gasteiger partial charge in [-0.1, -0.05) is 12.1 Å². The minimum atomic E-state index is -1.22. The Morgan fingerprint density at radius 1 is 0.714 bits per heavy atom. The van der Waals surface area contributed by atoms with E-state index in [1.165, 1.54) is 12.1 Å². The molecule has 1 saturated carbocycles. The summed E-state index contributed by atoms with van der Waals surface area (Å²) in [6.07, 6.45) is 3.88. The van der Waals surface area contributed by atoms with Gasteiger partial charge in [0, 0.05) is 25.3 Å². The molecule has 0 heterocycles. The number of hydrogen-bond donors (Lipinski definition) is 5.